The first-order chi connectivity index (χ1) is 7.38. The van der Waals surface area contributed by atoms with Crippen molar-refractivity contribution in [3.8, 4) is 12.3 Å². The van der Waals surface area contributed by atoms with Crippen molar-refractivity contribution in [2.24, 2.45) is 0 Å². The zero-order valence-corrected chi connectivity index (χ0v) is 9.42. The number of aryl methyl sites for hydroxylation is 1. The maximum absolute atomic E-state index is 5.19. The first-order valence-corrected chi connectivity index (χ1v) is 5.59. The molecule has 0 aliphatic carbocycles. The van der Waals surface area contributed by atoms with E-state index in [9.17, 15) is 0 Å². The minimum absolute atomic E-state index is 0.864. The van der Waals surface area contributed by atoms with Crippen LogP contribution in [0.3, 0.4) is 0 Å². The Morgan fingerprint density at radius 2 is 2.00 bits per heavy atom. The monoisotopic (exact) mass is 201 g/mol. The summed E-state index contributed by atoms with van der Waals surface area (Å²) in [6.07, 6.45) is 8.21. The quantitative estimate of drug-likeness (QED) is 0.551. The average molecular weight is 201 g/mol. The van der Waals surface area contributed by atoms with Gasteiger partial charge in [0.05, 0.1) is 0 Å². The molecule has 1 aromatic rings. The van der Waals surface area contributed by atoms with E-state index in [1.54, 1.807) is 0 Å². The van der Waals surface area contributed by atoms with Crippen LogP contribution in [0, 0.1) is 12.3 Å². The van der Waals surface area contributed by atoms with Crippen molar-refractivity contribution in [1.29, 1.82) is 0 Å². The van der Waals surface area contributed by atoms with Gasteiger partial charge in [-0.3, -0.25) is 0 Å². The smallest absolute Gasteiger partial charge is 0.0208 e. The second kappa shape index (κ2) is 7.09. The fourth-order valence-corrected chi connectivity index (χ4v) is 1.61. The highest BCUT2D eigenvalue weighted by Crippen LogP contribution is 2.08. The molecule has 0 spiro atoms. The third kappa shape index (κ3) is 4.18. The van der Waals surface area contributed by atoms with Crippen LogP contribution in [0.15, 0.2) is 24.3 Å². The van der Waals surface area contributed by atoms with Gasteiger partial charge in [0, 0.05) is 13.0 Å². The van der Waals surface area contributed by atoms with Crippen molar-refractivity contribution in [3.05, 3.63) is 35.4 Å². The van der Waals surface area contributed by atoms with Crippen molar-refractivity contribution in [3.63, 3.8) is 0 Å². The lowest BCUT2D eigenvalue weighted by Crippen LogP contribution is -2.15. The Balaban J connectivity index is 2.34. The SMILES string of the molecule is C#CCCCNCc1ccccc1CC. The van der Waals surface area contributed by atoms with Gasteiger partial charge in [-0.15, -0.1) is 12.3 Å². The number of hydrogen-bond acceptors (Lipinski definition) is 1. The van der Waals surface area contributed by atoms with E-state index >= 15 is 0 Å². The molecule has 1 heteroatoms. The molecule has 0 saturated carbocycles. The second-order valence-electron chi connectivity index (χ2n) is 3.61. The molecule has 80 valence electrons. The highest BCUT2D eigenvalue weighted by atomic mass is 14.8. The summed E-state index contributed by atoms with van der Waals surface area (Å²) in [5, 5.41) is 3.42. The molecule has 0 aromatic heterocycles. The molecule has 0 saturated heterocycles. The predicted octanol–water partition coefficient (Wildman–Crippen LogP) is 2.75. The third-order valence-corrected chi connectivity index (χ3v) is 2.49. The maximum atomic E-state index is 5.19. The molecule has 0 aliphatic heterocycles. The molecule has 0 unspecified atom stereocenters. The highest BCUT2D eigenvalue weighted by Gasteiger charge is 1.97. The molecule has 1 rings (SSSR count). The lowest BCUT2D eigenvalue weighted by atomic mass is 10.1. The van der Waals surface area contributed by atoms with Crippen molar-refractivity contribution in [2.45, 2.75) is 32.7 Å². The van der Waals surface area contributed by atoms with Gasteiger partial charge >= 0.3 is 0 Å². The van der Waals surface area contributed by atoms with E-state index in [-0.39, 0.29) is 0 Å². The number of benzene rings is 1. The summed E-state index contributed by atoms with van der Waals surface area (Å²) < 4.78 is 0. The molecular formula is C14H19N. The van der Waals surface area contributed by atoms with Gasteiger partial charge in [0.1, 0.15) is 0 Å². The molecule has 0 radical (unpaired) electrons. The first kappa shape index (κ1) is 11.8. The number of unbranched alkanes of at least 4 members (excludes halogenated alkanes) is 1. The van der Waals surface area contributed by atoms with Crippen molar-refractivity contribution in [1.82, 2.24) is 5.32 Å². The minimum atomic E-state index is 0.864. The molecule has 0 amide bonds. The number of terminal acetylenes is 1. The maximum Gasteiger partial charge on any atom is 0.0208 e. The Bertz CT molecular complexity index is 322. The van der Waals surface area contributed by atoms with Crippen molar-refractivity contribution in [2.75, 3.05) is 6.54 Å². The summed E-state index contributed by atoms with van der Waals surface area (Å²) in [6, 6.07) is 8.57. The topological polar surface area (TPSA) is 12.0 Å². The van der Waals surface area contributed by atoms with Crippen LogP contribution in [0.25, 0.3) is 0 Å². The molecule has 1 N–H and O–H groups in total. The van der Waals surface area contributed by atoms with E-state index < -0.39 is 0 Å². The normalized spacial score (nSPS) is 9.87. The zero-order valence-electron chi connectivity index (χ0n) is 9.42. The number of rotatable bonds is 6. The van der Waals surface area contributed by atoms with Crippen molar-refractivity contribution < 1.29 is 0 Å². The highest BCUT2D eigenvalue weighted by molar-refractivity contribution is 5.26. The molecule has 0 aliphatic rings. The van der Waals surface area contributed by atoms with Gasteiger partial charge in [-0.25, -0.2) is 0 Å². The number of nitrogens with one attached hydrogen (secondary N) is 1. The Kier molecular flexibility index (Phi) is 5.58. The van der Waals surface area contributed by atoms with Gasteiger partial charge in [0.15, 0.2) is 0 Å². The fraction of sp³-hybridized carbons (Fsp3) is 0.429. The third-order valence-electron chi connectivity index (χ3n) is 2.49. The summed E-state index contributed by atoms with van der Waals surface area (Å²) in [6.45, 7) is 4.15. The Morgan fingerprint density at radius 1 is 1.27 bits per heavy atom. The summed E-state index contributed by atoms with van der Waals surface area (Å²) in [5.74, 6) is 2.65. The Morgan fingerprint density at radius 3 is 2.67 bits per heavy atom. The number of hydrogen-bond donors (Lipinski definition) is 1. The van der Waals surface area contributed by atoms with Crippen LogP contribution in [0.5, 0.6) is 0 Å². The second-order valence-corrected chi connectivity index (χ2v) is 3.61. The summed E-state index contributed by atoms with van der Waals surface area (Å²) in [4.78, 5) is 0. The molecule has 0 fully saturated rings. The summed E-state index contributed by atoms with van der Waals surface area (Å²) in [5.41, 5.74) is 2.84. The lowest BCUT2D eigenvalue weighted by molar-refractivity contribution is 0.656. The van der Waals surface area contributed by atoms with Gasteiger partial charge in [0.25, 0.3) is 0 Å². The van der Waals surface area contributed by atoms with E-state index in [2.05, 4.69) is 42.4 Å². The molecule has 1 nitrogen and oxygen atoms in total. The van der Waals surface area contributed by atoms with Crippen LogP contribution in [0.4, 0.5) is 0 Å². The molecular weight excluding hydrogens is 182 g/mol. The summed E-state index contributed by atoms with van der Waals surface area (Å²) in [7, 11) is 0. The molecule has 0 bridgehead atoms. The first-order valence-electron chi connectivity index (χ1n) is 5.59. The average Bonchev–Trinajstić information content (AvgIpc) is 2.29. The van der Waals surface area contributed by atoms with E-state index in [4.69, 9.17) is 6.42 Å². The molecule has 0 atom stereocenters. The van der Waals surface area contributed by atoms with Gasteiger partial charge in [-0.05, 0) is 30.5 Å². The van der Waals surface area contributed by atoms with Crippen LogP contribution in [-0.2, 0) is 13.0 Å². The van der Waals surface area contributed by atoms with Crippen molar-refractivity contribution >= 4 is 0 Å². The van der Waals surface area contributed by atoms with Gasteiger partial charge < -0.3 is 5.32 Å². The molecule has 0 heterocycles. The standard InChI is InChI=1S/C14H19N/c1-3-5-8-11-15-12-14-10-7-6-9-13(14)4-2/h1,6-7,9-10,15H,4-5,8,11-12H2,2H3. The fourth-order valence-electron chi connectivity index (χ4n) is 1.61. The van der Waals surface area contributed by atoms with Gasteiger partial charge in [-0.2, -0.15) is 0 Å². The molecule has 1 aromatic carbocycles. The zero-order chi connectivity index (χ0) is 10.9. The minimum Gasteiger partial charge on any atom is -0.313 e. The summed E-state index contributed by atoms with van der Waals surface area (Å²) >= 11 is 0. The van der Waals surface area contributed by atoms with Gasteiger partial charge in [0.2, 0.25) is 0 Å². The van der Waals surface area contributed by atoms with Crippen LogP contribution in [-0.4, -0.2) is 6.54 Å². The van der Waals surface area contributed by atoms with E-state index in [0.717, 1.165) is 32.4 Å². The van der Waals surface area contributed by atoms with Gasteiger partial charge in [-0.1, -0.05) is 31.2 Å². The van der Waals surface area contributed by atoms with Crippen LogP contribution < -0.4 is 5.32 Å². The van der Waals surface area contributed by atoms with Crippen LogP contribution in [0.2, 0.25) is 0 Å². The molecule has 15 heavy (non-hydrogen) atoms. The lowest BCUT2D eigenvalue weighted by Gasteiger charge is -2.08. The van der Waals surface area contributed by atoms with E-state index in [0.29, 0.717) is 0 Å². The van der Waals surface area contributed by atoms with E-state index in [1.165, 1.54) is 11.1 Å². The Hall–Kier alpha value is -1.26. The van der Waals surface area contributed by atoms with E-state index in [1.807, 2.05) is 0 Å². The largest absolute Gasteiger partial charge is 0.313 e. The Labute approximate surface area is 92.9 Å². The predicted molar refractivity (Wildman–Crippen MR) is 65.6 cm³/mol. The van der Waals surface area contributed by atoms with Crippen LogP contribution in [0.1, 0.15) is 30.9 Å². The van der Waals surface area contributed by atoms with Crippen LogP contribution >= 0.6 is 0 Å².